The fourth-order valence-corrected chi connectivity index (χ4v) is 4.67. The van der Waals surface area contributed by atoms with Crippen LogP contribution >= 0.6 is 11.6 Å². The fraction of sp³-hybridized carbons (Fsp3) is 0.333. The van der Waals surface area contributed by atoms with Crippen molar-refractivity contribution >= 4 is 29.0 Å². The Morgan fingerprint density at radius 3 is 2.26 bits per heavy atom. The third kappa shape index (κ3) is 3.65. The van der Waals surface area contributed by atoms with Gasteiger partial charge in [0.1, 0.15) is 0 Å². The summed E-state index contributed by atoms with van der Waals surface area (Å²) in [5.41, 5.74) is 2.89. The van der Waals surface area contributed by atoms with Crippen LogP contribution in [-0.4, -0.2) is 33.0 Å². The molecule has 2 aromatic rings. The molecular formula is C24H24ClNO5. The second-order valence-corrected chi connectivity index (χ2v) is 7.96. The number of rotatable bonds is 5. The largest absolute Gasteiger partial charge is 0.493 e. The number of anilines is 1. The standard InChI is InChI=1S/C24H24ClNO5/c1-29-20-12-11-16(23(30-2)24(20)31-3)17-13-21(28)26(15-9-7-14(25)8-10-15)18-5-4-6-19(27)22(17)18/h7-12,17H,4-6,13H2,1-3H3. The molecule has 0 radical (unpaired) electrons. The maximum atomic E-state index is 13.4. The van der Waals surface area contributed by atoms with Gasteiger partial charge in [-0.15, -0.1) is 0 Å². The van der Waals surface area contributed by atoms with Crippen molar-refractivity contribution in [1.29, 1.82) is 0 Å². The van der Waals surface area contributed by atoms with Crippen molar-refractivity contribution < 1.29 is 23.8 Å². The Bertz CT molecular complexity index is 1060. The number of hydrogen-bond donors (Lipinski definition) is 0. The topological polar surface area (TPSA) is 65.1 Å². The van der Waals surface area contributed by atoms with E-state index in [0.29, 0.717) is 52.8 Å². The van der Waals surface area contributed by atoms with Crippen LogP contribution in [0.15, 0.2) is 47.7 Å². The van der Waals surface area contributed by atoms with Crippen LogP contribution < -0.4 is 19.1 Å². The van der Waals surface area contributed by atoms with Gasteiger partial charge in [0.05, 0.1) is 21.3 Å². The van der Waals surface area contributed by atoms with Crippen LogP contribution in [0.25, 0.3) is 0 Å². The molecule has 1 aliphatic heterocycles. The summed E-state index contributed by atoms with van der Waals surface area (Å²) in [5.74, 6) is 1.03. The second-order valence-electron chi connectivity index (χ2n) is 7.52. The van der Waals surface area contributed by atoms with Gasteiger partial charge in [0.15, 0.2) is 17.3 Å². The minimum atomic E-state index is -0.409. The van der Waals surface area contributed by atoms with Crippen molar-refractivity contribution in [3.8, 4) is 17.2 Å². The Balaban J connectivity index is 1.89. The Labute approximate surface area is 186 Å². The van der Waals surface area contributed by atoms with Gasteiger partial charge in [-0.05, 0) is 43.2 Å². The van der Waals surface area contributed by atoms with E-state index < -0.39 is 5.92 Å². The van der Waals surface area contributed by atoms with Gasteiger partial charge in [0, 0.05) is 46.3 Å². The molecule has 0 saturated carbocycles. The molecule has 0 saturated heterocycles. The zero-order chi connectivity index (χ0) is 22.1. The van der Waals surface area contributed by atoms with E-state index in [4.69, 9.17) is 25.8 Å². The highest BCUT2D eigenvalue weighted by atomic mass is 35.5. The summed E-state index contributed by atoms with van der Waals surface area (Å²) in [6.07, 6.45) is 1.99. The molecular weight excluding hydrogens is 418 g/mol. The lowest BCUT2D eigenvalue weighted by atomic mass is 9.76. The first kappa shape index (κ1) is 21.2. The van der Waals surface area contributed by atoms with Crippen molar-refractivity contribution in [2.24, 2.45) is 0 Å². The Morgan fingerprint density at radius 1 is 0.903 bits per heavy atom. The van der Waals surface area contributed by atoms with Gasteiger partial charge in [-0.2, -0.15) is 0 Å². The molecule has 0 bridgehead atoms. The molecule has 1 atom stereocenters. The third-order valence-electron chi connectivity index (χ3n) is 5.87. The van der Waals surface area contributed by atoms with E-state index in [1.807, 2.05) is 6.07 Å². The monoisotopic (exact) mass is 441 g/mol. The van der Waals surface area contributed by atoms with Crippen molar-refractivity contribution in [2.75, 3.05) is 26.2 Å². The van der Waals surface area contributed by atoms with Crippen molar-refractivity contribution in [3.05, 3.63) is 58.3 Å². The minimum absolute atomic E-state index is 0.0644. The molecule has 4 rings (SSSR count). The SMILES string of the molecule is COc1ccc(C2CC(=O)N(c3ccc(Cl)cc3)C3=C2C(=O)CCC3)c(OC)c1OC. The van der Waals surface area contributed by atoms with Crippen LogP contribution in [0.2, 0.25) is 5.02 Å². The zero-order valence-corrected chi connectivity index (χ0v) is 18.5. The third-order valence-corrected chi connectivity index (χ3v) is 6.12. The first-order valence-corrected chi connectivity index (χ1v) is 10.5. The molecule has 31 heavy (non-hydrogen) atoms. The predicted octanol–water partition coefficient (Wildman–Crippen LogP) is 4.89. The summed E-state index contributed by atoms with van der Waals surface area (Å²) in [4.78, 5) is 28.1. The van der Waals surface area contributed by atoms with E-state index in [9.17, 15) is 9.59 Å². The predicted molar refractivity (Wildman–Crippen MR) is 118 cm³/mol. The first-order valence-electron chi connectivity index (χ1n) is 10.1. The van der Waals surface area contributed by atoms with Crippen LogP contribution in [-0.2, 0) is 9.59 Å². The molecule has 1 unspecified atom stereocenters. The molecule has 2 aromatic carbocycles. The highest BCUT2D eigenvalue weighted by Crippen LogP contribution is 2.49. The lowest BCUT2D eigenvalue weighted by molar-refractivity contribution is -0.119. The quantitative estimate of drug-likeness (QED) is 0.660. The lowest BCUT2D eigenvalue weighted by Gasteiger charge is -2.38. The normalized spacial score (nSPS) is 18.7. The number of methoxy groups -OCH3 is 3. The molecule has 0 spiro atoms. The number of Topliss-reactive ketones (excluding diaryl/α,β-unsaturated/α-hetero) is 1. The van der Waals surface area contributed by atoms with Gasteiger partial charge in [-0.1, -0.05) is 17.7 Å². The molecule has 0 N–H and O–H groups in total. The lowest BCUT2D eigenvalue weighted by Crippen LogP contribution is -2.40. The molecule has 6 nitrogen and oxygen atoms in total. The molecule has 162 valence electrons. The highest BCUT2D eigenvalue weighted by Gasteiger charge is 2.41. The number of nitrogens with zero attached hydrogens (tertiary/aromatic N) is 1. The van der Waals surface area contributed by atoms with Gasteiger partial charge in [0.2, 0.25) is 11.7 Å². The number of ether oxygens (including phenoxy) is 3. The number of benzene rings is 2. The smallest absolute Gasteiger partial charge is 0.232 e. The van der Waals surface area contributed by atoms with Crippen LogP contribution in [0.3, 0.4) is 0 Å². The average molecular weight is 442 g/mol. The van der Waals surface area contributed by atoms with Gasteiger partial charge in [-0.25, -0.2) is 0 Å². The Morgan fingerprint density at radius 2 is 1.61 bits per heavy atom. The summed E-state index contributed by atoms with van der Waals surface area (Å²) in [6.45, 7) is 0. The van der Waals surface area contributed by atoms with E-state index in [-0.39, 0.29) is 18.1 Å². The highest BCUT2D eigenvalue weighted by molar-refractivity contribution is 6.30. The van der Waals surface area contributed by atoms with E-state index >= 15 is 0 Å². The van der Waals surface area contributed by atoms with Crippen LogP contribution in [0.1, 0.15) is 37.2 Å². The van der Waals surface area contributed by atoms with Gasteiger partial charge >= 0.3 is 0 Å². The summed E-state index contributed by atoms with van der Waals surface area (Å²) in [6, 6.07) is 10.7. The van der Waals surface area contributed by atoms with Crippen LogP contribution in [0, 0.1) is 0 Å². The molecule has 0 aromatic heterocycles. The van der Waals surface area contributed by atoms with Crippen molar-refractivity contribution in [3.63, 3.8) is 0 Å². The number of carbonyl (C=O) groups excluding carboxylic acids is 2. The number of ketones is 1. The molecule has 2 aliphatic rings. The van der Waals surface area contributed by atoms with Crippen LogP contribution in [0.4, 0.5) is 5.69 Å². The second kappa shape index (κ2) is 8.63. The van der Waals surface area contributed by atoms with E-state index in [1.54, 1.807) is 49.5 Å². The molecule has 0 fully saturated rings. The fourth-order valence-electron chi connectivity index (χ4n) is 4.55. The van der Waals surface area contributed by atoms with Crippen LogP contribution in [0.5, 0.6) is 17.2 Å². The summed E-state index contributed by atoms with van der Waals surface area (Å²) < 4.78 is 16.6. The van der Waals surface area contributed by atoms with E-state index in [1.165, 1.54) is 7.11 Å². The van der Waals surface area contributed by atoms with E-state index in [0.717, 1.165) is 11.3 Å². The van der Waals surface area contributed by atoms with Crippen molar-refractivity contribution in [1.82, 2.24) is 0 Å². The molecule has 1 heterocycles. The number of halogens is 1. The first-order chi connectivity index (χ1) is 15.0. The summed E-state index contributed by atoms with van der Waals surface area (Å²) >= 11 is 6.03. The van der Waals surface area contributed by atoms with Gasteiger partial charge < -0.3 is 14.2 Å². The number of hydrogen-bond acceptors (Lipinski definition) is 5. The Hall–Kier alpha value is -2.99. The van der Waals surface area contributed by atoms with Gasteiger partial charge in [0.25, 0.3) is 0 Å². The van der Waals surface area contributed by atoms with Gasteiger partial charge in [-0.3, -0.25) is 14.5 Å². The zero-order valence-electron chi connectivity index (χ0n) is 17.7. The summed E-state index contributed by atoms with van der Waals surface area (Å²) in [5, 5.41) is 0.593. The maximum absolute atomic E-state index is 13.4. The minimum Gasteiger partial charge on any atom is -0.493 e. The average Bonchev–Trinajstić information content (AvgIpc) is 2.78. The number of amides is 1. The molecule has 7 heteroatoms. The van der Waals surface area contributed by atoms with E-state index in [2.05, 4.69) is 0 Å². The molecule has 1 aliphatic carbocycles. The number of allylic oxidation sites excluding steroid dienone is 2. The Kier molecular flexibility index (Phi) is 5.92. The number of carbonyl (C=O) groups is 2. The van der Waals surface area contributed by atoms with Crippen molar-refractivity contribution in [2.45, 2.75) is 31.6 Å². The summed E-state index contributed by atoms with van der Waals surface area (Å²) in [7, 11) is 4.63. The molecule has 1 amide bonds. The maximum Gasteiger partial charge on any atom is 0.232 e.